The summed E-state index contributed by atoms with van der Waals surface area (Å²) in [6, 6.07) is 3.06. The van der Waals surface area contributed by atoms with Gasteiger partial charge in [-0.1, -0.05) is 24.0 Å². The molecule has 1 aliphatic heterocycles. The average molecular weight is 387 g/mol. The van der Waals surface area contributed by atoms with Gasteiger partial charge in [-0.2, -0.15) is 0 Å². The number of halogens is 1. The zero-order valence-corrected chi connectivity index (χ0v) is 14.9. The maximum absolute atomic E-state index is 14.0. The molecular weight excluding hydrogens is 377 g/mol. The van der Waals surface area contributed by atoms with E-state index in [1.807, 2.05) is 0 Å². The Morgan fingerprint density at radius 1 is 1.35 bits per heavy atom. The van der Waals surface area contributed by atoms with Crippen LogP contribution in [0.25, 0.3) is 28.2 Å². The fourth-order valence-electron chi connectivity index (χ4n) is 2.53. The summed E-state index contributed by atoms with van der Waals surface area (Å²) in [6.45, 7) is 0. The number of pyridine rings is 2. The van der Waals surface area contributed by atoms with Crippen molar-refractivity contribution in [1.82, 2.24) is 15.3 Å². The first-order chi connectivity index (χ1) is 12.5. The first kappa shape index (κ1) is 16.7. The zero-order valence-electron chi connectivity index (χ0n) is 13.3. The van der Waals surface area contributed by atoms with Crippen molar-refractivity contribution in [3.63, 3.8) is 0 Å². The Morgan fingerprint density at radius 3 is 2.88 bits per heavy atom. The molecule has 4 heterocycles. The molecule has 1 aliphatic rings. The van der Waals surface area contributed by atoms with Crippen LogP contribution in [0.5, 0.6) is 5.88 Å². The van der Waals surface area contributed by atoms with Crippen molar-refractivity contribution in [1.29, 1.82) is 0 Å². The van der Waals surface area contributed by atoms with Gasteiger partial charge in [-0.3, -0.25) is 9.78 Å². The second kappa shape index (κ2) is 6.50. The summed E-state index contributed by atoms with van der Waals surface area (Å²) in [5.74, 6) is -0.457. The van der Waals surface area contributed by atoms with E-state index in [4.69, 9.17) is 21.4 Å². The summed E-state index contributed by atoms with van der Waals surface area (Å²) in [7, 11) is 1.35. The van der Waals surface area contributed by atoms with E-state index >= 15 is 0 Å². The molecule has 0 radical (unpaired) electrons. The highest BCUT2D eigenvalue weighted by Gasteiger charge is 2.23. The SMILES string of the molecule is COc1ncc(-c2cncc3cc(/C=C4\SC(=S)NC4=O)oc23)cc1F. The predicted molar refractivity (Wildman–Crippen MR) is 100 cm³/mol. The van der Waals surface area contributed by atoms with Crippen molar-refractivity contribution in [2.24, 2.45) is 0 Å². The number of ether oxygens (including phenoxy) is 1. The number of rotatable bonds is 3. The first-order valence-corrected chi connectivity index (χ1v) is 8.60. The molecule has 0 atom stereocenters. The highest BCUT2D eigenvalue weighted by molar-refractivity contribution is 8.26. The largest absolute Gasteiger partial charge is 0.479 e. The van der Waals surface area contributed by atoms with Crippen LogP contribution in [0.2, 0.25) is 0 Å². The molecule has 1 saturated heterocycles. The van der Waals surface area contributed by atoms with Gasteiger partial charge >= 0.3 is 0 Å². The summed E-state index contributed by atoms with van der Waals surface area (Å²) < 4.78 is 25.1. The second-order valence-corrected chi connectivity index (χ2v) is 7.04. The Morgan fingerprint density at radius 2 is 2.19 bits per heavy atom. The molecule has 1 amide bonds. The summed E-state index contributed by atoms with van der Waals surface area (Å²) in [6.07, 6.45) is 6.29. The third-order valence-corrected chi connectivity index (χ3v) is 4.83. The monoisotopic (exact) mass is 387 g/mol. The van der Waals surface area contributed by atoms with Crippen LogP contribution in [0.15, 0.2) is 40.0 Å². The Hall–Kier alpha value is -2.78. The lowest BCUT2D eigenvalue weighted by Crippen LogP contribution is -2.17. The molecule has 3 aromatic rings. The Kier molecular flexibility index (Phi) is 4.17. The molecule has 0 saturated carbocycles. The maximum atomic E-state index is 14.0. The van der Waals surface area contributed by atoms with Crippen LogP contribution < -0.4 is 10.1 Å². The van der Waals surface area contributed by atoms with Crippen LogP contribution >= 0.6 is 24.0 Å². The van der Waals surface area contributed by atoms with Crippen molar-refractivity contribution in [2.75, 3.05) is 7.11 Å². The van der Waals surface area contributed by atoms with E-state index in [0.29, 0.717) is 31.7 Å². The molecule has 26 heavy (non-hydrogen) atoms. The van der Waals surface area contributed by atoms with Crippen LogP contribution in [-0.4, -0.2) is 27.3 Å². The van der Waals surface area contributed by atoms with Crippen LogP contribution in [0.3, 0.4) is 0 Å². The number of nitrogens with zero attached hydrogens (tertiary/aromatic N) is 2. The van der Waals surface area contributed by atoms with Crippen molar-refractivity contribution in [2.45, 2.75) is 0 Å². The van der Waals surface area contributed by atoms with Gasteiger partial charge in [0.1, 0.15) is 15.7 Å². The summed E-state index contributed by atoms with van der Waals surface area (Å²) >= 11 is 6.14. The standard InChI is InChI=1S/C17H10FN3O3S2/c1-23-16-12(18)3-8(6-20-16)11-7-19-5-9-2-10(24-14(9)11)4-13-15(22)21-17(25)26-13/h2-7H,1H3,(H,21,22,25)/b13-4-. The minimum absolute atomic E-state index is 0.0843. The van der Waals surface area contributed by atoms with Crippen molar-refractivity contribution in [3.05, 3.63) is 47.2 Å². The fourth-order valence-corrected chi connectivity index (χ4v) is 3.56. The lowest BCUT2D eigenvalue weighted by molar-refractivity contribution is -0.115. The van der Waals surface area contributed by atoms with E-state index in [1.165, 1.54) is 31.1 Å². The highest BCUT2D eigenvalue weighted by Crippen LogP contribution is 2.33. The van der Waals surface area contributed by atoms with E-state index in [1.54, 1.807) is 24.5 Å². The normalized spacial score (nSPS) is 15.7. The molecule has 4 rings (SSSR count). The van der Waals surface area contributed by atoms with E-state index in [-0.39, 0.29) is 11.8 Å². The molecule has 1 N–H and O–H groups in total. The van der Waals surface area contributed by atoms with Crippen LogP contribution in [0, 0.1) is 5.82 Å². The first-order valence-electron chi connectivity index (χ1n) is 7.37. The van der Waals surface area contributed by atoms with E-state index in [9.17, 15) is 9.18 Å². The van der Waals surface area contributed by atoms with E-state index in [2.05, 4.69) is 15.3 Å². The number of fused-ring (bicyclic) bond motifs is 1. The Labute approximate surface area is 156 Å². The maximum Gasteiger partial charge on any atom is 0.263 e. The van der Waals surface area contributed by atoms with Crippen LogP contribution in [0.1, 0.15) is 5.76 Å². The highest BCUT2D eigenvalue weighted by atomic mass is 32.2. The molecule has 0 bridgehead atoms. The van der Waals surface area contributed by atoms with Gasteiger partial charge in [0.05, 0.1) is 12.0 Å². The van der Waals surface area contributed by atoms with Gasteiger partial charge in [0.25, 0.3) is 5.91 Å². The van der Waals surface area contributed by atoms with Crippen LogP contribution in [0.4, 0.5) is 4.39 Å². The Bertz CT molecular complexity index is 1090. The molecule has 6 nitrogen and oxygen atoms in total. The number of aromatic nitrogens is 2. The van der Waals surface area contributed by atoms with Gasteiger partial charge in [-0.25, -0.2) is 9.37 Å². The molecule has 9 heteroatoms. The smallest absolute Gasteiger partial charge is 0.263 e. The number of thioether (sulfide) groups is 1. The number of thiocarbonyl (C=S) groups is 1. The molecule has 0 spiro atoms. The average Bonchev–Trinajstić information content (AvgIpc) is 3.16. The Balaban J connectivity index is 1.79. The van der Waals surface area contributed by atoms with E-state index in [0.717, 1.165) is 5.39 Å². The van der Waals surface area contributed by atoms with Gasteiger partial charge in [0, 0.05) is 41.2 Å². The molecule has 0 aliphatic carbocycles. The fraction of sp³-hybridized carbons (Fsp3) is 0.0588. The summed E-state index contributed by atoms with van der Waals surface area (Å²) in [4.78, 5) is 20.3. The molecule has 0 aromatic carbocycles. The molecule has 1 fully saturated rings. The number of amides is 1. The lowest BCUT2D eigenvalue weighted by Gasteiger charge is -2.04. The second-order valence-electron chi connectivity index (χ2n) is 5.32. The molecule has 3 aromatic heterocycles. The number of carbonyl (C=O) groups excluding carboxylic acids is 1. The minimum Gasteiger partial charge on any atom is -0.479 e. The number of hydrogen-bond donors (Lipinski definition) is 1. The van der Waals surface area contributed by atoms with Gasteiger partial charge in [0.15, 0.2) is 5.82 Å². The van der Waals surface area contributed by atoms with Crippen LogP contribution in [-0.2, 0) is 4.79 Å². The summed E-state index contributed by atoms with van der Waals surface area (Å²) in [5, 5.41) is 3.27. The number of methoxy groups -OCH3 is 1. The van der Waals surface area contributed by atoms with Gasteiger partial charge in [0.2, 0.25) is 5.88 Å². The number of furan rings is 1. The molecule has 130 valence electrons. The minimum atomic E-state index is -0.580. The number of hydrogen-bond acceptors (Lipinski definition) is 7. The van der Waals surface area contributed by atoms with E-state index < -0.39 is 5.82 Å². The quantitative estimate of drug-likeness (QED) is 0.544. The number of nitrogens with one attached hydrogen (secondary N) is 1. The third kappa shape index (κ3) is 2.95. The zero-order chi connectivity index (χ0) is 18.3. The van der Waals surface area contributed by atoms with Crippen molar-refractivity contribution in [3.8, 4) is 17.0 Å². The molecular formula is C17H10FN3O3S2. The van der Waals surface area contributed by atoms with Crippen molar-refractivity contribution >= 4 is 51.3 Å². The predicted octanol–water partition coefficient (Wildman–Crippen LogP) is 3.53. The summed E-state index contributed by atoms with van der Waals surface area (Å²) in [5.41, 5.74) is 1.61. The lowest BCUT2D eigenvalue weighted by atomic mass is 10.1. The van der Waals surface area contributed by atoms with Gasteiger partial charge < -0.3 is 14.5 Å². The van der Waals surface area contributed by atoms with Crippen molar-refractivity contribution < 1.29 is 18.3 Å². The van der Waals surface area contributed by atoms with Gasteiger partial charge in [-0.15, -0.1) is 0 Å². The third-order valence-electron chi connectivity index (χ3n) is 3.67. The topological polar surface area (TPSA) is 77.3 Å². The van der Waals surface area contributed by atoms with Gasteiger partial charge in [-0.05, 0) is 12.1 Å². The number of carbonyl (C=O) groups is 1. The molecule has 0 unspecified atom stereocenters.